The topological polar surface area (TPSA) is 192 Å². The maximum absolute atomic E-state index is 10.6. The number of carbonyl (C=O) groups excluding carboxylic acids is 4. The average Bonchev–Trinajstić information content (AvgIpc) is 3.74. The predicted octanol–water partition coefficient (Wildman–Crippen LogP) is 5.74. The molecule has 0 bridgehead atoms. The number of fused-ring (bicyclic) bond motifs is 1. The molecule has 5 rings (SSSR count). The van der Waals surface area contributed by atoms with Crippen LogP contribution in [0.4, 0.5) is 9.59 Å². The van der Waals surface area contributed by atoms with Crippen molar-refractivity contribution >= 4 is 84.6 Å². The van der Waals surface area contributed by atoms with Gasteiger partial charge in [0.05, 0.1) is 36.6 Å². The molecule has 5 aromatic rings. The summed E-state index contributed by atoms with van der Waals surface area (Å²) < 4.78 is 9.95. The van der Waals surface area contributed by atoms with Crippen LogP contribution in [0.3, 0.4) is 0 Å². The molecule has 0 saturated carbocycles. The first-order valence-electron chi connectivity index (χ1n) is 11.1. The number of hydrogen-bond donors (Lipinski definition) is 2. The zero-order valence-electron chi connectivity index (χ0n) is 22.8. The van der Waals surface area contributed by atoms with Crippen LogP contribution < -0.4 is 11.1 Å². The number of aromatic amines is 2. The standard InChI is InChI=1S/C21H12N4O2P2S2.2C2H5NO2.2V.Y/c1-11-4-12(2-3-13(11)14-7-22-20(24-14)28-9-26)16-5-18-19(30-16)6-17(31-18)15-8-23-21(25-15)29-10-27;2*1-5-2(3)4;;;/h2-6,8,28-29H,1H2,(H,22,24)(H,23,25);2*1H3,(H2,3,4);;;/q-4;;;2*+2;/p-2. The van der Waals surface area contributed by atoms with Crippen LogP contribution in [0.1, 0.15) is 5.56 Å². The first kappa shape index (κ1) is 42.2. The molecule has 223 valence electrons. The largest absolute Gasteiger partial charge is 2.00 e. The van der Waals surface area contributed by atoms with E-state index < -0.39 is 12.2 Å². The normalized spacial score (nSPS) is 9.95. The molecule has 0 aliphatic heterocycles. The molecule has 0 saturated heterocycles. The minimum absolute atomic E-state index is 0. The number of benzene rings is 1. The summed E-state index contributed by atoms with van der Waals surface area (Å²) in [6.07, 6.45) is 2.68. The molecule has 4 heterocycles. The first-order valence-corrected chi connectivity index (χ1v) is 14.7. The number of H-pyrrole nitrogens is 2. The fraction of sp³-hybridized carbons (Fsp3) is 0.0800. The van der Waals surface area contributed by atoms with Gasteiger partial charge in [0.1, 0.15) is 0 Å². The summed E-state index contributed by atoms with van der Waals surface area (Å²) in [6, 6.07) is 14.2. The van der Waals surface area contributed by atoms with Crippen LogP contribution in [0.2, 0.25) is 0 Å². The molecule has 2 atom stereocenters. The fourth-order valence-electron chi connectivity index (χ4n) is 3.18. The third-order valence-corrected chi connectivity index (χ3v) is 8.48. The fourth-order valence-corrected chi connectivity index (χ4v) is 6.36. The number of ether oxygens (including phenoxy) is 2. The van der Waals surface area contributed by atoms with E-state index in [1.807, 2.05) is 24.2 Å². The summed E-state index contributed by atoms with van der Waals surface area (Å²) in [7, 11) is 2.11. The number of amides is 2. The van der Waals surface area contributed by atoms with E-state index in [0.29, 0.717) is 11.1 Å². The zero-order chi connectivity index (χ0) is 29.9. The third-order valence-electron chi connectivity index (χ3n) is 4.94. The van der Waals surface area contributed by atoms with E-state index in [1.54, 1.807) is 28.9 Å². The van der Waals surface area contributed by atoms with Crippen molar-refractivity contribution in [2.24, 2.45) is 0 Å². The number of nitrogens with one attached hydrogen (secondary N) is 4. The Morgan fingerprint density at radius 2 is 1.48 bits per heavy atom. The van der Waals surface area contributed by atoms with Crippen molar-refractivity contribution in [1.29, 1.82) is 0 Å². The van der Waals surface area contributed by atoms with Gasteiger partial charge in [-0.15, -0.1) is 34.3 Å². The Kier molecular flexibility index (Phi) is 20.2. The summed E-state index contributed by atoms with van der Waals surface area (Å²) in [4.78, 5) is 56.5. The summed E-state index contributed by atoms with van der Waals surface area (Å²) >= 11 is 3.41. The predicted molar refractivity (Wildman–Crippen MR) is 164 cm³/mol. The molecule has 4 aromatic heterocycles. The zero-order valence-corrected chi connectivity index (χ0v) is 32.1. The number of imidazole rings is 2. The van der Waals surface area contributed by atoms with Crippen LogP contribution >= 0.6 is 39.8 Å². The molecule has 0 spiro atoms. The van der Waals surface area contributed by atoms with Crippen LogP contribution in [-0.2, 0) is 88.9 Å². The van der Waals surface area contributed by atoms with Gasteiger partial charge in [0.2, 0.25) is 12.2 Å². The maximum atomic E-state index is 10.6. The maximum Gasteiger partial charge on any atom is 2.00 e. The number of rotatable bonds is 7. The number of carbonyl (C=O) groups is 2. The van der Waals surface area contributed by atoms with Gasteiger partial charge in [-0.2, -0.15) is 27.1 Å². The van der Waals surface area contributed by atoms with Crippen LogP contribution in [-0.4, -0.2) is 58.4 Å². The minimum atomic E-state index is -0.995. The second-order valence-corrected chi connectivity index (χ2v) is 11.5. The number of thiophene rings is 2. The van der Waals surface area contributed by atoms with Crippen molar-refractivity contribution in [3.8, 4) is 32.3 Å². The molecular formula is C25H20N6O6P2S2V2Y-2. The van der Waals surface area contributed by atoms with E-state index in [1.165, 1.54) is 9.40 Å². The quantitative estimate of drug-likeness (QED) is 0.154. The Labute approximate surface area is 313 Å². The summed E-state index contributed by atoms with van der Waals surface area (Å²) in [5.41, 5.74) is 17.6. The van der Waals surface area contributed by atoms with Crippen molar-refractivity contribution in [3.05, 3.63) is 66.7 Å². The van der Waals surface area contributed by atoms with Crippen molar-refractivity contribution in [2.75, 3.05) is 14.2 Å². The van der Waals surface area contributed by atoms with E-state index in [9.17, 15) is 19.2 Å². The van der Waals surface area contributed by atoms with Crippen LogP contribution in [0, 0.1) is 13.1 Å². The minimum Gasteiger partial charge on any atom is -0.632 e. The summed E-state index contributed by atoms with van der Waals surface area (Å²) in [6.45, 7) is 4.18. The molecule has 0 aliphatic rings. The average molecular weight is 817 g/mol. The van der Waals surface area contributed by atoms with Crippen molar-refractivity contribution in [1.82, 2.24) is 19.9 Å². The van der Waals surface area contributed by atoms with Crippen LogP contribution in [0.5, 0.6) is 0 Å². The van der Waals surface area contributed by atoms with Gasteiger partial charge >= 0.3 is 37.1 Å². The molecule has 44 heavy (non-hydrogen) atoms. The Hall–Kier alpha value is -1.82. The summed E-state index contributed by atoms with van der Waals surface area (Å²) in [5, 5.41) is 0. The van der Waals surface area contributed by atoms with E-state index in [-0.39, 0.29) is 87.0 Å². The second kappa shape index (κ2) is 21.1. The van der Waals surface area contributed by atoms with Gasteiger partial charge in [0.15, 0.2) is 0 Å². The second-order valence-electron chi connectivity index (χ2n) is 7.48. The number of methoxy groups -OCH3 is 2. The molecule has 0 aliphatic carbocycles. The van der Waals surface area contributed by atoms with Gasteiger partial charge in [-0.05, 0) is 17.7 Å². The molecule has 2 amide bonds. The van der Waals surface area contributed by atoms with E-state index in [0.717, 1.165) is 52.1 Å². The van der Waals surface area contributed by atoms with Crippen LogP contribution in [0.25, 0.3) is 53.1 Å². The number of nitrogens with zero attached hydrogens (tertiary/aromatic N) is 2. The van der Waals surface area contributed by atoms with E-state index in [2.05, 4.69) is 60.7 Å². The molecule has 4 N–H and O–H groups in total. The monoisotopic (exact) mass is 817 g/mol. The Morgan fingerprint density at radius 1 is 0.932 bits per heavy atom. The molecule has 2 unspecified atom stereocenters. The smallest absolute Gasteiger partial charge is 0.632 e. The number of aromatic nitrogens is 4. The molecule has 1 aromatic carbocycles. The van der Waals surface area contributed by atoms with Gasteiger partial charge in [-0.25, -0.2) is 25.6 Å². The van der Waals surface area contributed by atoms with Gasteiger partial charge < -0.3 is 45.5 Å². The van der Waals surface area contributed by atoms with Crippen molar-refractivity contribution in [2.45, 2.75) is 0 Å². The molecule has 0 fully saturated rings. The van der Waals surface area contributed by atoms with Gasteiger partial charge in [0, 0.05) is 47.0 Å². The SMILES string of the molecule is COC([NH-])=O.COC([NH-])=O.[CH2-]c1cc(-c2cc3sc(-c4cnc(P[C-]=O)[nH]4)cc3s2)ccc1-c1[c-]nc(P[C-]=O)[nH]1.[V+2].[V+2].[Y]. The van der Waals surface area contributed by atoms with Gasteiger partial charge in [-0.1, -0.05) is 23.5 Å². The van der Waals surface area contributed by atoms with Gasteiger partial charge in [-0.3, -0.25) is 9.59 Å². The molecule has 3 radical (unpaired) electrons. The summed E-state index contributed by atoms with van der Waals surface area (Å²) in [5.74, 6) is 0. The molecule has 12 nitrogen and oxygen atoms in total. The molecule has 19 heteroatoms. The van der Waals surface area contributed by atoms with Crippen molar-refractivity contribution in [3.63, 3.8) is 0 Å². The Morgan fingerprint density at radius 3 is 2.02 bits per heavy atom. The van der Waals surface area contributed by atoms with E-state index >= 15 is 0 Å². The Bertz CT molecular complexity index is 1630. The van der Waals surface area contributed by atoms with Crippen molar-refractivity contribution < 1.29 is 98.5 Å². The number of hydrogen-bond acceptors (Lipinski definition) is 10. The first-order chi connectivity index (χ1) is 19.7. The third kappa shape index (κ3) is 12.2. The van der Waals surface area contributed by atoms with E-state index in [4.69, 9.17) is 11.5 Å². The molecular weight excluding hydrogens is 797 g/mol. The van der Waals surface area contributed by atoms with Crippen LogP contribution in [0.15, 0.2) is 36.5 Å². The van der Waals surface area contributed by atoms with Gasteiger partial charge in [0.25, 0.3) is 0 Å². The Balaban J connectivity index is 0.00000125.